The molecule has 0 saturated carbocycles. The van der Waals surface area contributed by atoms with Crippen molar-refractivity contribution in [1.29, 1.82) is 5.41 Å². The smallest absolute Gasteiger partial charge is 0.152 e. The lowest BCUT2D eigenvalue weighted by molar-refractivity contribution is 0.662. The van der Waals surface area contributed by atoms with E-state index in [-0.39, 0.29) is 11.3 Å². The molecule has 2 nitrogen and oxygen atoms in total. The number of rotatable bonds is 6. The van der Waals surface area contributed by atoms with Gasteiger partial charge >= 0.3 is 0 Å². The van der Waals surface area contributed by atoms with Gasteiger partial charge in [0.1, 0.15) is 0 Å². The molecule has 9 rings (SSSR count). The molecular weight excluding hydrogens is 641 g/mol. The zero-order valence-corrected chi connectivity index (χ0v) is 29.8. The van der Waals surface area contributed by atoms with Gasteiger partial charge in [0.25, 0.3) is 0 Å². The van der Waals surface area contributed by atoms with E-state index in [1.807, 2.05) is 30.3 Å². The van der Waals surface area contributed by atoms with Crippen LogP contribution in [0, 0.1) is 5.41 Å². The van der Waals surface area contributed by atoms with Crippen LogP contribution in [0.1, 0.15) is 41.7 Å². The molecule has 0 bridgehead atoms. The van der Waals surface area contributed by atoms with E-state index in [0.717, 1.165) is 28.0 Å². The molecule has 0 unspecified atom stereocenters. The van der Waals surface area contributed by atoms with Crippen LogP contribution in [0.25, 0.3) is 61.0 Å². The molecule has 1 aliphatic carbocycles. The molecule has 0 spiro atoms. The minimum atomic E-state index is -0.110. The van der Waals surface area contributed by atoms with Crippen molar-refractivity contribution < 1.29 is 0 Å². The number of aliphatic imine (C=N–C) groups is 1. The standard InChI is InChI=1S/C51H38N2/c1-51(2)47-22-11-10-19-44(47)46-21-12-20-45(49(46)51)43-31-29-36(41-17-8-9-18-42(41)43)30-32-48(53-50(52)38-14-4-3-5-15-38)37-26-23-35(24-27-37)40-28-25-34-13-6-7-16-39(34)33-40/h3-33,52H,1-2H3/b32-30+,52-50?,53-48?. The van der Waals surface area contributed by atoms with Crippen molar-refractivity contribution >= 4 is 39.2 Å². The zero-order valence-electron chi connectivity index (χ0n) is 29.8. The van der Waals surface area contributed by atoms with E-state index in [2.05, 4.69) is 172 Å². The van der Waals surface area contributed by atoms with Crippen molar-refractivity contribution in [3.63, 3.8) is 0 Å². The number of amidine groups is 1. The van der Waals surface area contributed by atoms with Gasteiger partial charge in [0.2, 0.25) is 0 Å². The van der Waals surface area contributed by atoms with E-state index in [1.165, 1.54) is 60.5 Å². The molecule has 0 amide bonds. The Bertz CT molecular complexity index is 2750. The van der Waals surface area contributed by atoms with Crippen LogP contribution >= 0.6 is 0 Å². The van der Waals surface area contributed by atoms with E-state index in [4.69, 9.17) is 10.4 Å². The summed E-state index contributed by atoms with van der Waals surface area (Å²) < 4.78 is 0. The van der Waals surface area contributed by atoms with Crippen LogP contribution in [0.4, 0.5) is 0 Å². The fourth-order valence-electron chi connectivity index (χ4n) is 8.12. The molecule has 1 aliphatic rings. The Kier molecular flexibility index (Phi) is 8.01. The molecule has 0 aliphatic heterocycles. The van der Waals surface area contributed by atoms with Crippen molar-refractivity contribution in [2.45, 2.75) is 19.3 Å². The molecule has 252 valence electrons. The predicted octanol–water partition coefficient (Wildman–Crippen LogP) is 13.2. The third-order valence-electron chi connectivity index (χ3n) is 10.8. The number of fused-ring (bicyclic) bond motifs is 5. The van der Waals surface area contributed by atoms with Crippen LogP contribution in [-0.2, 0) is 5.41 Å². The summed E-state index contributed by atoms with van der Waals surface area (Å²) in [6, 6.07) is 62.1. The zero-order chi connectivity index (χ0) is 35.9. The lowest BCUT2D eigenvalue weighted by atomic mass is 9.78. The minimum Gasteiger partial charge on any atom is -0.282 e. The second kappa shape index (κ2) is 13.2. The Labute approximate surface area is 311 Å². The molecule has 1 N–H and O–H groups in total. The van der Waals surface area contributed by atoms with Gasteiger partial charge in [-0.3, -0.25) is 5.41 Å². The second-order valence-electron chi connectivity index (χ2n) is 14.3. The Morgan fingerprint density at radius 1 is 0.509 bits per heavy atom. The molecule has 0 fully saturated rings. The summed E-state index contributed by atoms with van der Waals surface area (Å²) in [5.41, 5.74) is 13.7. The van der Waals surface area contributed by atoms with Crippen LogP contribution in [0.2, 0.25) is 0 Å². The van der Waals surface area contributed by atoms with Gasteiger partial charge in [-0.15, -0.1) is 0 Å². The molecule has 8 aromatic carbocycles. The Hall–Kier alpha value is -6.64. The largest absolute Gasteiger partial charge is 0.282 e. The summed E-state index contributed by atoms with van der Waals surface area (Å²) in [6.45, 7) is 4.70. The highest BCUT2D eigenvalue weighted by atomic mass is 14.8. The minimum absolute atomic E-state index is 0.110. The van der Waals surface area contributed by atoms with Gasteiger partial charge < -0.3 is 0 Å². The first-order valence-electron chi connectivity index (χ1n) is 18.2. The van der Waals surface area contributed by atoms with Gasteiger partial charge in [0.15, 0.2) is 5.84 Å². The Morgan fingerprint density at radius 2 is 1.15 bits per heavy atom. The number of nitrogens with zero attached hydrogens (tertiary/aromatic N) is 1. The van der Waals surface area contributed by atoms with Crippen molar-refractivity contribution in [3.05, 3.63) is 210 Å². The summed E-state index contributed by atoms with van der Waals surface area (Å²) in [6.07, 6.45) is 4.21. The van der Waals surface area contributed by atoms with Crippen LogP contribution < -0.4 is 0 Å². The maximum atomic E-state index is 8.92. The average molecular weight is 679 g/mol. The molecule has 53 heavy (non-hydrogen) atoms. The Balaban J connectivity index is 1.11. The average Bonchev–Trinajstić information content (AvgIpc) is 3.45. The predicted molar refractivity (Wildman–Crippen MR) is 225 cm³/mol. The molecule has 0 saturated heterocycles. The fourth-order valence-corrected chi connectivity index (χ4v) is 8.12. The first-order valence-corrected chi connectivity index (χ1v) is 18.2. The summed E-state index contributed by atoms with van der Waals surface area (Å²) in [4.78, 5) is 4.91. The van der Waals surface area contributed by atoms with E-state index in [9.17, 15) is 0 Å². The highest BCUT2D eigenvalue weighted by molar-refractivity contribution is 6.18. The third-order valence-corrected chi connectivity index (χ3v) is 10.8. The van der Waals surface area contributed by atoms with E-state index in [1.54, 1.807) is 0 Å². The van der Waals surface area contributed by atoms with Crippen LogP contribution in [-0.4, -0.2) is 11.5 Å². The molecule has 2 heteroatoms. The maximum absolute atomic E-state index is 8.92. The Morgan fingerprint density at radius 3 is 1.96 bits per heavy atom. The summed E-state index contributed by atoms with van der Waals surface area (Å²) in [7, 11) is 0. The normalized spacial score (nSPS) is 13.4. The van der Waals surface area contributed by atoms with Gasteiger partial charge in [-0.05, 0) is 83.8 Å². The lowest BCUT2D eigenvalue weighted by Crippen LogP contribution is -2.16. The monoisotopic (exact) mass is 678 g/mol. The molecule has 0 atom stereocenters. The maximum Gasteiger partial charge on any atom is 0.152 e. The molecule has 8 aromatic rings. The number of benzene rings is 8. The van der Waals surface area contributed by atoms with E-state index >= 15 is 0 Å². The van der Waals surface area contributed by atoms with Crippen molar-refractivity contribution in [1.82, 2.24) is 0 Å². The van der Waals surface area contributed by atoms with Crippen LogP contribution in [0.3, 0.4) is 0 Å². The first kappa shape index (κ1) is 32.3. The lowest BCUT2D eigenvalue weighted by Gasteiger charge is -2.25. The highest BCUT2D eigenvalue weighted by Crippen LogP contribution is 2.52. The summed E-state index contributed by atoms with van der Waals surface area (Å²) >= 11 is 0. The SMILES string of the molecule is CC1(C)c2ccccc2-c2cccc(-c3ccc(/C=C/C(=NC(=N)c4ccccc4)c4ccc(-c5ccc6ccccc6c5)cc4)c4ccccc34)c21. The van der Waals surface area contributed by atoms with E-state index in [0.29, 0.717) is 0 Å². The molecule has 0 heterocycles. The number of allylic oxidation sites excluding steroid dienone is 1. The van der Waals surface area contributed by atoms with Gasteiger partial charge in [-0.25, -0.2) is 4.99 Å². The molecular formula is C51H38N2. The fraction of sp³-hybridized carbons (Fsp3) is 0.0588. The van der Waals surface area contributed by atoms with Crippen molar-refractivity contribution in [2.75, 3.05) is 0 Å². The molecule has 0 radical (unpaired) electrons. The highest BCUT2D eigenvalue weighted by Gasteiger charge is 2.37. The van der Waals surface area contributed by atoms with E-state index < -0.39 is 0 Å². The van der Waals surface area contributed by atoms with Crippen molar-refractivity contribution in [2.24, 2.45) is 4.99 Å². The first-order chi connectivity index (χ1) is 26.0. The topological polar surface area (TPSA) is 36.2 Å². The number of hydrogen-bond acceptors (Lipinski definition) is 1. The van der Waals surface area contributed by atoms with Crippen molar-refractivity contribution in [3.8, 4) is 33.4 Å². The van der Waals surface area contributed by atoms with Gasteiger partial charge in [0.05, 0.1) is 5.71 Å². The quantitative estimate of drug-likeness (QED) is 0.134. The van der Waals surface area contributed by atoms with Gasteiger partial charge in [-0.2, -0.15) is 0 Å². The summed E-state index contributed by atoms with van der Waals surface area (Å²) in [5.74, 6) is 0.227. The van der Waals surface area contributed by atoms with Gasteiger partial charge in [-0.1, -0.05) is 190 Å². The number of hydrogen-bond donors (Lipinski definition) is 1. The summed E-state index contributed by atoms with van der Waals surface area (Å²) in [5, 5.41) is 13.8. The number of nitrogens with one attached hydrogen (secondary N) is 1. The second-order valence-corrected chi connectivity index (χ2v) is 14.3. The van der Waals surface area contributed by atoms with Gasteiger partial charge in [0, 0.05) is 16.5 Å². The van der Waals surface area contributed by atoms with Crippen LogP contribution in [0.15, 0.2) is 187 Å². The third kappa shape index (κ3) is 5.79. The van der Waals surface area contributed by atoms with Crippen LogP contribution in [0.5, 0.6) is 0 Å². The molecule has 0 aromatic heterocycles.